The summed E-state index contributed by atoms with van der Waals surface area (Å²) in [7, 11) is 0. The standard InChI is InChI=1S/C16H12BrN3O2/c17-12-8-13-10-6-7-11(10)14(12)20-16(22)18(15(21)19(13)20)9-4-2-1-3-5-9/h1-8,10-11,13-14H/t10-,11+,13-,14+/m0/s1. The maximum Gasteiger partial charge on any atom is 0.352 e. The molecule has 0 spiro atoms. The second-order valence-corrected chi connectivity index (χ2v) is 6.87. The normalized spacial score (nSPS) is 30.5. The molecule has 6 rings (SSSR count). The van der Waals surface area contributed by atoms with Crippen LogP contribution in [0, 0.1) is 11.8 Å². The first kappa shape index (κ1) is 12.5. The van der Waals surface area contributed by atoms with E-state index in [9.17, 15) is 9.59 Å². The fourth-order valence-electron chi connectivity index (χ4n) is 3.89. The average Bonchev–Trinajstić information content (AvgIpc) is 2.74. The van der Waals surface area contributed by atoms with E-state index >= 15 is 0 Å². The van der Waals surface area contributed by atoms with Gasteiger partial charge in [-0.05, 0) is 18.2 Å². The van der Waals surface area contributed by atoms with Gasteiger partial charge in [-0.3, -0.25) is 0 Å². The van der Waals surface area contributed by atoms with E-state index in [1.165, 1.54) is 4.57 Å². The molecule has 1 aromatic carbocycles. The summed E-state index contributed by atoms with van der Waals surface area (Å²) < 4.78 is 5.50. The molecule has 3 heterocycles. The van der Waals surface area contributed by atoms with E-state index < -0.39 is 0 Å². The van der Waals surface area contributed by atoms with E-state index in [4.69, 9.17) is 0 Å². The van der Waals surface area contributed by atoms with Crippen molar-refractivity contribution in [2.24, 2.45) is 11.8 Å². The van der Waals surface area contributed by atoms with E-state index in [0.717, 1.165) is 4.48 Å². The highest BCUT2D eigenvalue weighted by atomic mass is 79.9. The summed E-state index contributed by atoms with van der Waals surface area (Å²) in [6.45, 7) is 0. The molecular formula is C16H12BrN3O2. The van der Waals surface area contributed by atoms with Gasteiger partial charge < -0.3 is 0 Å². The van der Waals surface area contributed by atoms with Crippen LogP contribution >= 0.6 is 15.9 Å². The first-order valence-electron chi connectivity index (χ1n) is 7.25. The van der Waals surface area contributed by atoms with E-state index in [0.29, 0.717) is 17.5 Å². The largest absolute Gasteiger partial charge is 0.352 e. The lowest BCUT2D eigenvalue weighted by molar-refractivity contribution is 0.136. The summed E-state index contributed by atoms with van der Waals surface area (Å²) >= 11 is 3.58. The summed E-state index contributed by atoms with van der Waals surface area (Å²) in [6, 6.07) is 8.91. The zero-order valence-corrected chi connectivity index (χ0v) is 13.1. The Morgan fingerprint density at radius 2 is 1.59 bits per heavy atom. The number of nitrogens with zero attached hydrogens (tertiary/aromatic N) is 3. The fourth-order valence-corrected chi connectivity index (χ4v) is 4.66. The van der Waals surface area contributed by atoms with Crippen LogP contribution in [0.3, 0.4) is 0 Å². The van der Waals surface area contributed by atoms with Crippen LogP contribution in [-0.4, -0.2) is 13.9 Å². The van der Waals surface area contributed by atoms with Gasteiger partial charge in [0.15, 0.2) is 0 Å². The molecule has 0 radical (unpaired) electrons. The van der Waals surface area contributed by atoms with Crippen molar-refractivity contribution in [2.45, 2.75) is 12.1 Å². The van der Waals surface area contributed by atoms with Crippen LogP contribution < -0.4 is 11.4 Å². The number of aromatic nitrogens is 3. The zero-order valence-electron chi connectivity index (χ0n) is 11.5. The summed E-state index contributed by atoms with van der Waals surface area (Å²) in [6.07, 6.45) is 6.33. The topological polar surface area (TPSA) is 48.9 Å². The first-order valence-corrected chi connectivity index (χ1v) is 8.05. The van der Waals surface area contributed by atoms with Crippen molar-refractivity contribution in [3.8, 4) is 5.69 Å². The second kappa shape index (κ2) is 4.01. The predicted molar refractivity (Wildman–Crippen MR) is 85.5 cm³/mol. The molecular weight excluding hydrogens is 346 g/mol. The van der Waals surface area contributed by atoms with E-state index in [1.807, 2.05) is 18.2 Å². The molecule has 0 N–H and O–H groups in total. The average molecular weight is 358 g/mol. The molecule has 0 fully saturated rings. The van der Waals surface area contributed by atoms with Gasteiger partial charge in [0.25, 0.3) is 0 Å². The maximum absolute atomic E-state index is 12.9. The van der Waals surface area contributed by atoms with Crippen LogP contribution in [0.2, 0.25) is 0 Å². The van der Waals surface area contributed by atoms with Crippen molar-refractivity contribution in [1.29, 1.82) is 0 Å². The van der Waals surface area contributed by atoms with Crippen LogP contribution in [0.25, 0.3) is 5.69 Å². The quantitative estimate of drug-likeness (QED) is 0.732. The monoisotopic (exact) mass is 357 g/mol. The van der Waals surface area contributed by atoms with E-state index in [2.05, 4.69) is 34.2 Å². The fraction of sp³-hybridized carbons (Fsp3) is 0.250. The Kier molecular flexibility index (Phi) is 2.27. The minimum absolute atomic E-state index is 0.0838. The van der Waals surface area contributed by atoms with Gasteiger partial charge in [0.1, 0.15) is 0 Å². The highest BCUT2D eigenvalue weighted by Crippen LogP contribution is 2.53. The summed E-state index contributed by atoms with van der Waals surface area (Å²) in [5, 5.41) is 0. The lowest BCUT2D eigenvalue weighted by atomic mass is 9.68. The number of benzene rings is 1. The smallest absolute Gasteiger partial charge is 0.245 e. The lowest BCUT2D eigenvalue weighted by Crippen LogP contribution is -2.51. The molecule has 4 aliphatic rings. The Hall–Kier alpha value is -2.08. The van der Waals surface area contributed by atoms with Gasteiger partial charge in [-0.25, -0.2) is 23.5 Å². The molecule has 0 saturated carbocycles. The van der Waals surface area contributed by atoms with Gasteiger partial charge in [-0.2, -0.15) is 0 Å². The predicted octanol–water partition coefficient (Wildman–Crippen LogP) is 1.99. The van der Waals surface area contributed by atoms with Gasteiger partial charge in [-0.15, -0.1) is 0 Å². The maximum atomic E-state index is 12.9. The summed E-state index contributed by atoms with van der Waals surface area (Å²) in [5.74, 6) is 0.614. The number of para-hydroxylation sites is 1. The number of halogens is 1. The minimum atomic E-state index is -0.269. The molecule has 2 aliphatic carbocycles. The highest BCUT2D eigenvalue weighted by Gasteiger charge is 2.50. The molecule has 22 heavy (non-hydrogen) atoms. The molecule has 1 aromatic heterocycles. The second-order valence-electron chi connectivity index (χ2n) is 5.95. The Morgan fingerprint density at radius 1 is 0.909 bits per heavy atom. The Bertz CT molecular complexity index is 964. The van der Waals surface area contributed by atoms with Gasteiger partial charge in [0, 0.05) is 16.3 Å². The van der Waals surface area contributed by atoms with Gasteiger partial charge in [0.2, 0.25) is 0 Å². The third kappa shape index (κ3) is 1.30. The van der Waals surface area contributed by atoms with Crippen LogP contribution in [0.4, 0.5) is 0 Å². The van der Waals surface area contributed by atoms with Crippen molar-refractivity contribution in [3.05, 3.63) is 74.0 Å². The summed E-state index contributed by atoms with van der Waals surface area (Å²) in [5.41, 5.74) is 0.0823. The number of rotatable bonds is 1. The Labute approximate surface area is 133 Å². The summed E-state index contributed by atoms with van der Waals surface area (Å²) in [4.78, 5) is 25.7. The van der Waals surface area contributed by atoms with Crippen LogP contribution in [0.5, 0.6) is 0 Å². The number of hydrogen-bond acceptors (Lipinski definition) is 2. The minimum Gasteiger partial charge on any atom is -0.245 e. The first-order chi connectivity index (χ1) is 10.7. The molecule has 6 heteroatoms. The zero-order chi connectivity index (χ0) is 15.0. The molecule has 2 aliphatic heterocycles. The molecule has 0 unspecified atom stereocenters. The van der Waals surface area contributed by atoms with Crippen LogP contribution in [0.1, 0.15) is 12.1 Å². The van der Waals surface area contributed by atoms with Crippen molar-refractivity contribution >= 4 is 15.9 Å². The number of hydrogen-bond donors (Lipinski definition) is 0. The number of allylic oxidation sites excluding steroid dienone is 4. The van der Waals surface area contributed by atoms with E-state index in [-0.39, 0.29) is 23.5 Å². The molecule has 2 bridgehead atoms. The van der Waals surface area contributed by atoms with Crippen molar-refractivity contribution in [1.82, 2.24) is 13.9 Å². The van der Waals surface area contributed by atoms with Crippen molar-refractivity contribution in [3.63, 3.8) is 0 Å². The molecule has 5 nitrogen and oxygen atoms in total. The van der Waals surface area contributed by atoms with Gasteiger partial charge in [0.05, 0.1) is 17.8 Å². The molecule has 0 saturated heterocycles. The van der Waals surface area contributed by atoms with E-state index in [1.54, 1.807) is 21.5 Å². The van der Waals surface area contributed by atoms with Crippen LogP contribution in [-0.2, 0) is 0 Å². The van der Waals surface area contributed by atoms with Gasteiger partial charge >= 0.3 is 11.4 Å². The molecule has 2 aromatic rings. The highest BCUT2D eigenvalue weighted by molar-refractivity contribution is 9.11. The Morgan fingerprint density at radius 3 is 2.27 bits per heavy atom. The molecule has 0 amide bonds. The van der Waals surface area contributed by atoms with Gasteiger partial charge in [-0.1, -0.05) is 46.3 Å². The van der Waals surface area contributed by atoms with Crippen molar-refractivity contribution in [2.75, 3.05) is 0 Å². The third-order valence-electron chi connectivity index (χ3n) is 4.94. The lowest BCUT2D eigenvalue weighted by Gasteiger charge is -2.49. The SMILES string of the molecule is O=c1n(-c2ccccc2)c(=O)n2n1[C@H]1C=C(Br)[C@H]2[C@@H]2C=C[C@@H]21. The molecule has 110 valence electrons. The van der Waals surface area contributed by atoms with Crippen LogP contribution in [0.15, 0.2) is 62.6 Å². The Balaban J connectivity index is 1.83. The third-order valence-corrected chi connectivity index (χ3v) is 5.67. The molecule has 4 atom stereocenters. The van der Waals surface area contributed by atoms with Crippen molar-refractivity contribution < 1.29 is 0 Å².